The number of aryl methyl sites for hydroxylation is 2. The predicted molar refractivity (Wildman–Crippen MR) is 97.8 cm³/mol. The van der Waals surface area contributed by atoms with E-state index in [9.17, 15) is 14.0 Å². The Morgan fingerprint density at radius 3 is 2.62 bits per heavy atom. The lowest BCUT2D eigenvalue weighted by Crippen LogP contribution is -2.41. The van der Waals surface area contributed by atoms with Crippen molar-refractivity contribution in [3.8, 4) is 0 Å². The summed E-state index contributed by atoms with van der Waals surface area (Å²) in [5, 5.41) is 0. The molecule has 2 aliphatic rings. The summed E-state index contributed by atoms with van der Waals surface area (Å²) in [5.41, 5.74) is 3.25. The van der Waals surface area contributed by atoms with E-state index in [0.29, 0.717) is 19.0 Å². The van der Waals surface area contributed by atoms with Gasteiger partial charge in [-0.15, -0.1) is 0 Å². The van der Waals surface area contributed by atoms with Gasteiger partial charge in [0, 0.05) is 18.8 Å². The fourth-order valence-corrected chi connectivity index (χ4v) is 4.14. The van der Waals surface area contributed by atoms with E-state index >= 15 is 0 Å². The normalized spacial score (nSPS) is 17.3. The average Bonchev–Trinajstić information content (AvgIpc) is 3.10. The molecule has 26 heavy (non-hydrogen) atoms. The molecule has 4 nitrogen and oxygen atoms in total. The minimum atomic E-state index is -0.260. The molecule has 2 aromatic rings. The summed E-state index contributed by atoms with van der Waals surface area (Å²) in [7, 11) is 0. The van der Waals surface area contributed by atoms with Gasteiger partial charge in [-0.05, 0) is 73.8 Å². The molecule has 0 radical (unpaired) electrons. The number of hydrogen-bond acceptors (Lipinski definition) is 2. The number of aromatic amines is 1. The Kier molecular flexibility index (Phi) is 4.62. The maximum Gasteiger partial charge on any atom is 0.261 e. The summed E-state index contributed by atoms with van der Waals surface area (Å²) >= 11 is 0. The molecule has 1 aliphatic heterocycles. The smallest absolute Gasteiger partial charge is 0.261 e. The van der Waals surface area contributed by atoms with E-state index in [0.717, 1.165) is 55.3 Å². The first-order valence-corrected chi connectivity index (χ1v) is 9.39. The summed E-state index contributed by atoms with van der Waals surface area (Å²) < 4.78 is 13.0. The van der Waals surface area contributed by atoms with Crippen LogP contribution in [0, 0.1) is 11.7 Å². The summed E-state index contributed by atoms with van der Waals surface area (Å²) in [4.78, 5) is 29.7. The van der Waals surface area contributed by atoms with Crippen molar-refractivity contribution >= 4 is 5.91 Å². The van der Waals surface area contributed by atoms with Gasteiger partial charge in [-0.25, -0.2) is 4.39 Å². The Morgan fingerprint density at radius 1 is 1.15 bits per heavy atom. The van der Waals surface area contributed by atoms with Gasteiger partial charge in [-0.1, -0.05) is 12.1 Å². The summed E-state index contributed by atoms with van der Waals surface area (Å²) in [6.07, 6.45) is 5.59. The van der Waals surface area contributed by atoms with Crippen LogP contribution >= 0.6 is 0 Å². The fourth-order valence-electron chi connectivity index (χ4n) is 4.14. The van der Waals surface area contributed by atoms with Crippen LogP contribution in [0.25, 0.3) is 0 Å². The monoisotopic (exact) mass is 354 g/mol. The Morgan fingerprint density at radius 2 is 1.88 bits per heavy atom. The van der Waals surface area contributed by atoms with Crippen LogP contribution in [0.5, 0.6) is 0 Å². The highest BCUT2D eigenvalue weighted by Crippen LogP contribution is 2.24. The number of aromatic nitrogens is 1. The van der Waals surface area contributed by atoms with Crippen LogP contribution < -0.4 is 5.56 Å². The molecule has 1 aromatic heterocycles. The third kappa shape index (κ3) is 3.43. The first-order valence-electron chi connectivity index (χ1n) is 9.39. The van der Waals surface area contributed by atoms with Crippen molar-refractivity contribution in [2.24, 2.45) is 5.92 Å². The van der Waals surface area contributed by atoms with Gasteiger partial charge in [-0.2, -0.15) is 0 Å². The molecule has 0 atom stereocenters. The molecule has 0 saturated carbocycles. The van der Waals surface area contributed by atoms with E-state index < -0.39 is 0 Å². The third-order valence-electron chi connectivity index (χ3n) is 5.66. The van der Waals surface area contributed by atoms with E-state index in [1.165, 1.54) is 12.1 Å². The largest absolute Gasteiger partial charge is 0.338 e. The number of rotatable bonds is 3. The third-order valence-corrected chi connectivity index (χ3v) is 5.66. The van der Waals surface area contributed by atoms with Crippen LogP contribution in [-0.4, -0.2) is 28.9 Å². The Balaban J connectivity index is 1.39. The van der Waals surface area contributed by atoms with Gasteiger partial charge in [0.25, 0.3) is 11.5 Å². The molecule has 4 rings (SSSR count). The fraction of sp³-hybridized carbons (Fsp3) is 0.429. The quantitative estimate of drug-likeness (QED) is 0.921. The van der Waals surface area contributed by atoms with Crippen LogP contribution in [0.3, 0.4) is 0 Å². The summed E-state index contributed by atoms with van der Waals surface area (Å²) in [6, 6.07) is 8.45. The van der Waals surface area contributed by atoms with Crippen molar-refractivity contribution in [1.82, 2.24) is 9.88 Å². The molecule has 5 heteroatoms. The number of nitrogens with one attached hydrogen (secondary N) is 1. The molecule has 0 bridgehead atoms. The molecule has 0 spiro atoms. The Hall–Kier alpha value is -2.43. The van der Waals surface area contributed by atoms with Crippen LogP contribution in [0.4, 0.5) is 4.39 Å². The number of amides is 1. The first kappa shape index (κ1) is 17.0. The van der Waals surface area contributed by atoms with Crippen molar-refractivity contribution in [1.29, 1.82) is 0 Å². The van der Waals surface area contributed by atoms with Gasteiger partial charge in [0.15, 0.2) is 0 Å². The molecule has 1 aromatic carbocycles. The predicted octanol–water partition coefficient (Wildman–Crippen LogP) is 3.10. The average molecular weight is 354 g/mol. The number of piperidine rings is 1. The van der Waals surface area contributed by atoms with E-state index in [-0.39, 0.29) is 22.8 Å². The zero-order chi connectivity index (χ0) is 18.1. The number of halogens is 1. The SMILES string of the molecule is O=C(c1cc2c([nH]c1=O)CCC2)N1CCC(Cc2ccc(F)cc2)CC1. The molecule has 1 saturated heterocycles. The molecule has 1 N–H and O–H groups in total. The van der Waals surface area contributed by atoms with Crippen LogP contribution in [0.15, 0.2) is 35.1 Å². The van der Waals surface area contributed by atoms with E-state index in [1.807, 2.05) is 12.1 Å². The zero-order valence-electron chi connectivity index (χ0n) is 14.8. The molecule has 1 amide bonds. The molecule has 1 fully saturated rings. The molecular formula is C21H23FN2O2. The van der Waals surface area contributed by atoms with Gasteiger partial charge >= 0.3 is 0 Å². The van der Waals surface area contributed by atoms with Gasteiger partial charge in [0.05, 0.1) is 0 Å². The second-order valence-corrected chi connectivity index (χ2v) is 7.44. The van der Waals surface area contributed by atoms with Gasteiger partial charge in [0.2, 0.25) is 0 Å². The number of H-pyrrole nitrogens is 1. The lowest BCUT2D eigenvalue weighted by Gasteiger charge is -2.32. The van der Waals surface area contributed by atoms with Crippen molar-refractivity contribution in [2.75, 3.05) is 13.1 Å². The number of carbonyl (C=O) groups is 1. The van der Waals surface area contributed by atoms with Crippen LogP contribution in [-0.2, 0) is 19.3 Å². The second-order valence-electron chi connectivity index (χ2n) is 7.44. The minimum Gasteiger partial charge on any atom is -0.338 e. The minimum absolute atomic E-state index is 0.152. The van der Waals surface area contributed by atoms with Crippen molar-refractivity contribution in [2.45, 2.75) is 38.5 Å². The maximum absolute atomic E-state index is 13.0. The number of hydrogen-bond donors (Lipinski definition) is 1. The summed E-state index contributed by atoms with van der Waals surface area (Å²) in [6.45, 7) is 1.34. The van der Waals surface area contributed by atoms with Crippen LogP contribution in [0.2, 0.25) is 0 Å². The van der Waals surface area contributed by atoms with Crippen molar-refractivity contribution < 1.29 is 9.18 Å². The lowest BCUT2D eigenvalue weighted by molar-refractivity contribution is 0.0688. The van der Waals surface area contributed by atoms with Gasteiger partial charge in [-0.3, -0.25) is 9.59 Å². The van der Waals surface area contributed by atoms with E-state index in [1.54, 1.807) is 11.0 Å². The van der Waals surface area contributed by atoms with E-state index in [2.05, 4.69) is 4.98 Å². The number of carbonyl (C=O) groups excluding carboxylic acids is 1. The van der Waals surface area contributed by atoms with E-state index in [4.69, 9.17) is 0 Å². The molecule has 1 aliphatic carbocycles. The van der Waals surface area contributed by atoms with Crippen molar-refractivity contribution in [3.63, 3.8) is 0 Å². The highest BCUT2D eigenvalue weighted by Gasteiger charge is 2.26. The topological polar surface area (TPSA) is 53.2 Å². The number of nitrogens with zero attached hydrogens (tertiary/aromatic N) is 1. The van der Waals surface area contributed by atoms with Crippen LogP contribution in [0.1, 0.15) is 46.4 Å². The maximum atomic E-state index is 13.0. The number of likely N-dealkylation sites (tertiary alicyclic amines) is 1. The van der Waals surface area contributed by atoms with Crippen molar-refractivity contribution in [3.05, 3.63) is 68.9 Å². The highest BCUT2D eigenvalue weighted by molar-refractivity contribution is 5.94. The molecule has 2 heterocycles. The zero-order valence-corrected chi connectivity index (χ0v) is 14.8. The molecule has 0 unspecified atom stereocenters. The van der Waals surface area contributed by atoms with Gasteiger partial charge < -0.3 is 9.88 Å². The molecule has 136 valence electrons. The number of pyridine rings is 1. The first-order chi connectivity index (χ1) is 12.6. The van der Waals surface area contributed by atoms with Gasteiger partial charge in [0.1, 0.15) is 11.4 Å². The lowest BCUT2D eigenvalue weighted by atomic mass is 9.90. The Bertz CT molecular complexity index is 865. The summed E-state index contributed by atoms with van der Waals surface area (Å²) in [5.74, 6) is 0.123. The number of benzene rings is 1. The Labute approximate surface area is 152 Å². The highest BCUT2D eigenvalue weighted by atomic mass is 19.1. The standard InChI is InChI=1S/C21H23FN2O2/c22-17-6-4-14(5-7-17)12-15-8-10-24(11-9-15)21(26)18-13-16-2-1-3-19(16)23-20(18)25/h4-7,13,15H,1-3,8-12H2,(H,23,25). The number of fused-ring (bicyclic) bond motifs is 1. The molecular weight excluding hydrogens is 331 g/mol. The second kappa shape index (κ2) is 7.06.